The standard InChI is InChI=1S/Cr.3FH.4H2O/h;3*1H;4*1H2/p-3. The molecule has 0 bridgehead atoms. The Morgan fingerprint density at radius 1 is 0.375 bits per heavy atom. The second-order valence-electron chi connectivity index (χ2n) is 0. The van der Waals surface area contributed by atoms with Crippen LogP contribution in [0.1, 0.15) is 0 Å². The fraction of sp³-hybridized carbons (Fsp3) is 0. The first-order valence-corrected chi connectivity index (χ1v) is 0. The summed E-state index contributed by atoms with van der Waals surface area (Å²) in [5.41, 5.74) is 0. The maximum absolute atomic E-state index is 0. The molecule has 0 atom stereocenters. The molecule has 0 saturated heterocycles. The fourth-order valence-electron chi connectivity index (χ4n) is 0. The van der Waals surface area contributed by atoms with Gasteiger partial charge in [0.25, 0.3) is 0 Å². The van der Waals surface area contributed by atoms with Gasteiger partial charge in [0.1, 0.15) is 0 Å². The van der Waals surface area contributed by atoms with Crippen LogP contribution in [0, 0.1) is 0 Å². The third kappa shape index (κ3) is 6220. The summed E-state index contributed by atoms with van der Waals surface area (Å²) in [4.78, 5) is 0. The van der Waals surface area contributed by atoms with Crippen molar-refractivity contribution in [2.45, 2.75) is 0 Å². The molecule has 0 rings (SSSR count). The quantitative estimate of drug-likeness (QED) is 0.351. The van der Waals surface area contributed by atoms with Crippen molar-refractivity contribution < 1.29 is 53.4 Å². The Hall–Kier alpha value is 0.162. The van der Waals surface area contributed by atoms with Gasteiger partial charge < -0.3 is 36.0 Å². The summed E-state index contributed by atoms with van der Waals surface area (Å²) in [5, 5.41) is 0. The van der Waals surface area contributed by atoms with Crippen LogP contribution in [0.15, 0.2) is 0 Å². The summed E-state index contributed by atoms with van der Waals surface area (Å²) >= 11 is 0. The van der Waals surface area contributed by atoms with E-state index < -0.39 is 0 Å². The Morgan fingerprint density at radius 3 is 0.375 bits per heavy atom. The molecular weight excluding hydrogens is 173 g/mol. The van der Waals surface area contributed by atoms with E-state index in [9.17, 15) is 0 Å². The van der Waals surface area contributed by atoms with Gasteiger partial charge in [-0.25, -0.2) is 0 Å². The van der Waals surface area contributed by atoms with E-state index in [1.54, 1.807) is 0 Å². The van der Waals surface area contributed by atoms with Crippen LogP contribution < -0.4 is 14.1 Å². The molecule has 0 unspecified atom stereocenters. The Balaban J connectivity index is 0. The molecule has 0 saturated carbocycles. The van der Waals surface area contributed by atoms with Crippen molar-refractivity contribution in [3.05, 3.63) is 0 Å². The summed E-state index contributed by atoms with van der Waals surface area (Å²) in [6, 6.07) is 0. The van der Waals surface area contributed by atoms with Gasteiger partial charge in [-0.05, 0) is 0 Å². The summed E-state index contributed by atoms with van der Waals surface area (Å²) in [5.74, 6) is 0. The fourth-order valence-corrected chi connectivity index (χ4v) is 0. The maximum Gasteiger partial charge on any atom is 0 e. The van der Waals surface area contributed by atoms with E-state index in [1.807, 2.05) is 0 Å². The summed E-state index contributed by atoms with van der Waals surface area (Å²) < 4.78 is 0. The van der Waals surface area contributed by atoms with Crippen LogP contribution in [0.5, 0.6) is 0 Å². The van der Waals surface area contributed by atoms with Crippen LogP contribution in [-0.2, 0) is 17.4 Å². The molecule has 0 amide bonds. The van der Waals surface area contributed by atoms with Crippen molar-refractivity contribution in [3.63, 3.8) is 0 Å². The molecule has 0 aromatic carbocycles. The normalized spacial score (nSPS) is 0. The zero-order chi connectivity index (χ0) is 0. The monoisotopic (exact) mass is 181 g/mol. The first kappa shape index (κ1) is 15900. The molecule has 0 spiro atoms. The minimum absolute atomic E-state index is 0. The summed E-state index contributed by atoms with van der Waals surface area (Å²) in [7, 11) is 0. The van der Waals surface area contributed by atoms with Gasteiger partial charge in [-0.3, -0.25) is 0 Å². The Morgan fingerprint density at radius 2 is 0.375 bits per heavy atom. The molecule has 0 aliphatic carbocycles. The predicted molar refractivity (Wildman–Crippen MR) is 14.5 cm³/mol. The molecule has 0 radical (unpaired) electrons. The molecule has 0 aliphatic rings. The third-order valence-electron chi connectivity index (χ3n) is 0. The molecule has 0 aliphatic heterocycles. The van der Waals surface area contributed by atoms with Crippen LogP contribution >= 0.6 is 0 Å². The van der Waals surface area contributed by atoms with Crippen LogP contribution in [0.25, 0.3) is 0 Å². The molecular formula is H8CrF3O4-3. The van der Waals surface area contributed by atoms with E-state index in [2.05, 4.69) is 0 Å². The Kier molecular flexibility index (Phi) is 20400000. The zero-order valence-electron chi connectivity index (χ0n) is 3.54. The molecule has 8 N–H and O–H groups in total. The molecule has 0 aromatic heterocycles. The average molecular weight is 181 g/mol. The van der Waals surface area contributed by atoms with Crippen LogP contribution in [0.3, 0.4) is 0 Å². The van der Waals surface area contributed by atoms with Crippen molar-refractivity contribution in [1.82, 2.24) is 0 Å². The van der Waals surface area contributed by atoms with Crippen molar-refractivity contribution in [2.24, 2.45) is 0 Å². The van der Waals surface area contributed by atoms with E-state index in [0.717, 1.165) is 0 Å². The van der Waals surface area contributed by atoms with E-state index in [-0.39, 0.29) is 53.4 Å². The number of halogens is 3. The smallest absolute Gasteiger partial charge is 0 e. The second kappa shape index (κ2) is 10300. The molecule has 0 fully saturated rings. The Labute approximate surface area is 54.4 Å². The first-order chi connectivity index (χ1) is 0. The van der Waals surface area contributed by atoms with E-state index in [0.29, 0.717) is 0 Å². The van der Waals surface area contributed by atoms with E-state index >= 15 is 0 Å². The van der Waals surface area contributed by atoms with Gasteiger partial charge >= 0.3 is 0 Å². The van der Waals surface area contributed by atoms with Gasteiger partial charge in [0.2, 0.25) is 0 Å². The maximum atomic E-state index is 0. The molecule has 0 heterocycles. The average Bonchev–Trinajstić information content (AvgIpc) is 0. The Bertz CT molecular complexity index is 11.2. The van der Waals surface area contributed by atoms with Crippen molar-refractivity contribution in [1.29, 1.82) is 0 Å². The third-order valence-corrected chi connectivity index (χ3v) is 0. The van der Waals surface area contributed by atoms with Gasteiger partial charge in [-0.2, -0.15) is 0 Å². The molecule has 62 valence electrons. The number of rotatable bonds is 0. The second-order valence-corrected chi connectivity index (χ2v) is 0. The minimum atomic E-state index is 0. The van der Waals surface area contributed by atoms with Crippen LogP contribution in [0.2, 0.25) is 0 Å². The number of hydrogen-bond acceptors (Lipinski definition) is 0. The molecule has 8 heavy (non-hydrogen) atoms. The van der Waals surface area contributed by atoms with Crippen LogP contribution in [-0.4, -0.2) is 21.9 Å². The molecule has 8 heteroatoms. The number of hydrogen-bond donors (Lipinski definition) is 0. The van der Waals surface area contributed by atoms with Crippen LogP contribution in [0.4, 0.5) is 0 Å². The minimum Gasteiger partial charge on any atom is -1.00 e. The van der Waals surface area contributed by atoms with E-state index in [4.69, 9.17) is 0 Å². The van der Waals surface area contributed by atoms with Gasteiger partial charge in [0.15, 0.2) is 0 Å². The van der Waals surface area contributed by atoms with Gasteiger partial charge in [0.05, 0.1) is 0 Å². The SMILES string of the molecule is O.O.O.O.[Cr].[F-].[F-].[F-]. The van der Waals surface area contributed by atoms with Crippen molar-refractivity contribution in [2.75, 3.05) is 0 Å². The largest absolute Gasteiger partial charge is 1.00 e. The van der Waals surface area contributed by atoms with Gasteiger partial charge in [0, 0.05) is 17.4 Å². The topological polar surface area (TPSA) is 126 Å². The zero-order valence-corrected chi connectivity index (χ0v) is 4.82. The van der Waals surface area contributed by atoms with Gasteiger partial charge in [-0.1, -0.05) is 0 Å². The van der Waals surface area contributed by atoms with Gasteiger partial charge in [-0.15, -0.1) is 0 Å². The molecule has 0 aromatic rings. The van der Waals surface area contributed by atoms with Crippen molar-refractivity contribution >= 4 is 0 Å². The molecule has 4 nitrogen and oxygen atoms in total. The predicted octanol–water partition coefficient (Wildman–Crippen LogP) is -12.3. The van der Waals surface area contributed by atoms with Crippen molar-refractivity contribution in [3.8, 4) is 0 Å². The summed E-state index contributed by atoms with van der Waals surface area (Å²) in [6.07, 6.45) is 0. The first-order valence-electron chi connectivity index (χ1n) is 0. The van der Waals surface area contributed by atoms with E-state index in [1.165, 1.54) is 0 Å². The summed E-state index contributed by atoms with van der Waals surface area (Å²) in [6.45, 7) is 0.